The maximum absolute atomic E-state index is 11.7. The lowest BCUT2D eigenvalue weighted by Crippen LogP contribution is -2.46. The van der Waals surface area contributed by atoms with Crippen molar-refractivity contribution in [2.75, 3.05) is 39.8 Å². The number of hydrogen-bond acceptors (Lipinski definition) is 3. The average Bonchev–Trinajstić information content (AvgIpc) is 2.57. The van der Waals surface area contributed by atoms with Crippen LogP contribution in [0, 0.1) is 5.92 Å². The van der Waals surface area contributed by atoms with Crippen LogP contribution in [0.4, 0.5) is 0 Å². The van der Waals surface area contributed by atoms with Gasteiger partial charge >= 0.3 is 0 Å². The van der Waals surface area contributed by atoms with E-state index in [4.69, 9.17) is 0 Å². The molecule has 2 amide bonds. The normalized spacial score (nSPS) is 16.1. The Morgan fingerprint density at radius 3 is 2.39 bits per heavy atom. The fourth-order valence-electron chi connectivity index (χ4n) is 2.61. The zero-order chi connectivity index (χ0) is 17.1. The van der Waals surface area contributed by atoms with Gasteiger partial charge in [-0.25, -0.2) is 4.99 Å². The van der Waals surface area contributed by atoms with Crippen LogP contribution in [0.15, 0.2) is 4.99 Å². The van der Waals surface area contributed by atoms with Crippen LogP contribution in [-0.4, -0.2) is 62.4 Å². The molecule has 0 aromatic rings. The lowest BCUT2D eigenvalue weighted by molar-refractivity contribution is -0.122. The number of hydrogen-bond donors (Lipinski definition) is 3. The second kappa shape index (κ2) is 10.9. The van der Waals surface area contributed by atoms with Gasteiger partial charge in [-0.3, -0.25) is 9.59 Å². The number of carbonyl (C=O) groups excluding carboxylic acids is 2. The molecule has 1 heterocycles. The van der Waals surface area contributed by atoms with E-state index in [-0.39, 0.29) is 18.4 Å². The van der Waals surface area contributed by atoms with Crippen LogP contribution in [0.2, 0.25) is 0 Å². The van der Waals surface area contributed by atoms with E-state index < -0.39 is 0 Å². The van der Waals surface area contributed by atoms with Gasteiger partial charge in [0.1, 0.15) is 6.54 Å². The Kier molecular flexibility index (Phi) is 9.09. The van der Waals surface area contributed by atoms with Gasteiger partial charge in [0, 0.05) is 39.6 Å². The van der Waals surface area contributed by atoms with Crippen molar-refractivity contribution in [3.05, 3.63) is 0 Å². The van der Waals surface area contributed by atoms with Crippen LogP contribution < -0.4 is 16.0 Å². The zero-order valence-corrected chi connectivity index (χ0v) is 14.7. The van der Waals surface area contributed by atoms with Crippen molar-refractivity contribution >= 4 is 17.8 Å². The Balaban J connectivity index is 2.49. The van der Waals surface area contributed by atoms with Gasteiger partial charge in [0.05, 0.1) is 0 Å². The molecule has 0 spiro atoms. The van der Waals surface area contributed by atoms with Gasteiger partial charge in [0.2, 0.25) is 11.8 Å². The van der Waals surface area contributed by atoms with Crippen molar-refractivity contribution in [2.24, 2.45) is 10.9 Å². The quantitative estimate of drug-likeness (QED) is 0.465. The standard InChI is InChI=1S/C16H31N5O2/c1-4-8-19-15(23)12-20-16(18-5-2)21-9-6-13(7-10-21)11-14(22)17-3/h13H,4-12H2,1-3H3,(H,17,22)(H,18,20)(H,19,23). The smallest absolute Gasteiger partial charge is 0.241 e. The summed E-state index contributed by atoms with van der Waals surface area (Å²) >= 11 is 0. The summed E-state index contributed by atoms with van der Waals surface area (Å²) in [4.78, 5) is 29.8. The Hall–Kier alpha value is -1.79. The highest BCUT2D eigenvalue weighted by Gasteiger charge is 2.23. The zero-order valence-electron chi connectivity index (χ0n) is 14.7. The average molecular weight is 325 g/mol. The molecular formula is C16H31N5O2. The summed E-state index contributed by atoms with van der Waals surface area (Å²) < 4.78 is 0. The fourth-order valence-corrected chi connectivity index (χ4v) is 2.61. The highest BCUT2D eigenvalue weighted by molar-refractivity contribution is 5.85. The van der Waals surface area contributed by atoms with Gasteiger partial charge < -0.3 is 20.9 Å². The van der Waals surface area contributed by atoms with Gasteiger partial charge in [0.25, 0.3) is 0 Å². The van der Waals surface area contributed by atoms with Gasteiger partial charge in [-0.05, 0) is 32.1 Å². The van der Waals surface area contributed by atoms with Gasteiger partial charge in [-0.1, -0.05) is 6.92 Å². The number of amides is 2. The molecule has 0 atom stereocenters. The van der Waals surface area contributed by atoms with E-state index in [2.05, 4.69) is 25.8 Å². The number of aliphatic imine (C=N–C) groups is 1. The molecule has 7 nitrogen and oxygen atoms in total. The van der Waals surface area contributed by atoms with Crippen molar-refractivity contribution in [2.45, 2.75) is 39.5 Å². The van der Waals surface area contributed by atoms with Crippen LogP contribution in [-0.2, 0) is 9.59 Å². The predicted octanol–water partition coefficient (Wildman–Crippen LogP) is 0.326. The largest absolute Gasteiger partial charge is 0.359 e. The summed E-state index contributed by atoms with van der Waals surface area (Å²) in [6.45, 7) is 7.39. The lowest BCUT2D eigenvalue weighted by Gasteiger charge is -2.34. The number of guanidine groups is 1. The van der Waals surface area contributed by atoms with E-state index in [0.717, 1.165) is 44.9 Å². The third-order valence-corrected chi connectivity index (χ3v) is 3.95. The number of nitrogens with zero attached hydrogens (tertiary/aromatic N) is 2. The number of rotatable bonds is 7. The molecule has 0 bridgehead atoms. The summed E-state index contributed by atoms with van der Waals surface area (Å²) in [5.41, 5.74) is 0. The minimum Gasteiger partial charge on any atom is -0.359 e. The van der Waals surface area contributed by atoms with Crippen molar-refractivity contribution in [1.29, 1.82) is 0 Å². The van der Waals surface area contributed by atoms with Crippen molar-refractivity contribution < 1.29 is 9.59 Å². The Morgan fingerprint density at radius 1 is 1.13 bits per heavy atom. The molecule has 1 rings (SSSR count). The molecule has 0 aromatic heterocycles. The first-order valence-corrected chi connectivity index (χ1v) is 8.61. The summed E-state index contributed by atoms with van der Waals surface area (Å²) in [7, 11) is 1.68. The molecule has 23 heavy (non-hydrogen) atoms. The predicted molar refractivity (Wildman–Crippen MR) is 92.3 cm³/mol. The van der Waals surface area contributed by atoms with E-state index in [0.29, 0.717) is 18.9 Å². The molecule has 0 aromatic carbocycles. The summed E-state index contributed by atoms with van der Waals surface area (Å²) in [6, 6.07) is 0. The Morgan fingerprint density at radius 2 is 1.83 bits per heavy atom. The molecule has 1 saturated heterocycles. The number of nitrogens with one attached hydrogen (secondary N) is 3. The third kappa shape index (κ3) is 7.34. The molecule has 1 aliphatic heterocycles. The van der Waals surface area contributed by atoms with E-state index in [1.807, 2.05) is 13.8 Å². The van der Waals surface area contributed by atoms with E-state index >= 15 is 0 Å². The van der Waals surface area contributed by atoms with Crippen LogP contribution in [0.25, 0.3) is 0 Å². The summed E-state index contributed by atoms with van der Waals surface area (Å²) in [5, 5.41) is 8.76. The first kappa shape index (κ1) is 19.3. The molecule has 1 fully saturated rings. The minimum atomic E-state index is -0.0447. The maximum atomic E-state index is 11.7. The molecule has 0 aliphatic carbocycles. The second-order valence-electron chi connectivity index (χ2n) is 5.83. The Bertz CT molecular complexity index is 403. The SMILES string of the molecule is CCCNC(=O)CN=C(NCC)N1CCC(CC(=O)NC)CC1. The molecule has 1 aliphatic rings. The molecule has 0 saturated carbocycles. The summed E-state index contributed by atoms with van der Waals surface area (Å²) in [6.07, 6.45) is 3.46. The molecule has 3 N–H and O–H groups in total. The van der Waals surface area contributed by atoms with Crippen LogP contribution in [0.1, 0.15) is 39.5 Å². The van der Waals surface area contributed by atoms with Gasteiger partial charge in [-0.2, -0.15) is 0 Å². The van der Waals surface area contributed by atoms with Crippen LogP contribution >= 0.6 is 0 Å². The first-order valence-electron chi connectivity index (χ1n) is 8.61. The highest BCUT2D eigenvalue weighted by atomic mass is 16.2. The molecular weight excluding hydrogens is 294 g/mol. The topological polar surface area (TPSA) is 85.8 Å². The lowest BCUT2D eigenvalue weighted by atomic mass is 9.93. The third-order valence-electron chi connectivity index (χ3n) is 3.95. The van der Waals surface area contributed by atoms with E-state index in [9.17, 15) is 9.59 Å². The number of likely N-dealkylation sites (tertiary alicyclic amines) is 1. The van der Waals surface area contributed by atoms with E-state index in [1.54, 1.807) is 7.05 Å². The van der Waals surface area contributed by atoms with Crippen molar-refractivity contribution in [3.63, 3.8) is 0 Å². The number of carbonyl (C=O) groups is 2. The molecule has 7 heteroatoms. The minimum absolute atomic E-state index is 0.0447. The van der Waals surface area contributed by atoms with Crippen molar-refractivity contribution in [1.82, 2.24) is 20.9 Å². The van der Waals surface area contributed by atoms with Crippen molar-refractivity contribution in [3.8, 4) is 0 Å². The summed E-state index contributed by atoms with van der Waals surface area (Å²) in [5.74, 6) is 1.29. The van der Waals surface area contributed by atoms with Gasteiger partial charge in [0.15, 0.2) is 5.96 Å². The number of piperidine rings is 1. The first-order chi connectivity index (χ1) is 11.1. The molecule has 0 radical (unpaired) electrons. The van der Waals surface area contributed by atoms with Crippen LogP contribution in [0.5, 0.6) is 0 Å². The van der Waals surface area contributed by atoms with Gasteiger partial charge in [-0.15, -0.1) is 0 Å². The van der Waals surface area contributed by atoms with Crippen LogP contribution in [0.3, 0.4) is 0 Å². The monoisotopic (exact) mass is 325 g/mol. The Labute approximate surface area is 139 Å². The molecule has 132 valence electrons. The second-order valence-corrected chi connectivity index (χ2v) is 5.83. The maximum Gasteiger partial charge on any atom is 0.241 e. The highest BCUT2D eigenvalue weighted by Crippen LogP contribution is 2.20. The molecule has 0 unspecified atom stereocenters. The fraction of sp³-hybridized carbons (Fsp3) is 0.812. The van der Waals surface area contributed by atoms with E-state index in [1.165, 1.54) is 0 Å².